The summed E-state index contributed by atoms with van der Waals surface area (Å²) >= 11 is 0. The monoisotopic (exact) mass is 269 g/mol. The van der Waals surface area contributed by atoms with E-state index in [0.29, 0.717) is 18.5 Å². The summed E-state index contributed by atoms with van der Waals surface area (Å²) in [5, 5.41) is 2.79. The molecule has 1 atom stereocenters. The highest BCUT2D eigenvalue weighted by molar-refractivity contribution is 5.76. The van der Waals surface area contributed by atoms with E-state index in [9.17, 15) is 13.6 Å². The second kappa shape index (κ2) is 6.61. The highest BCUT2D eigenvalue weighted by atomic mass is 19.2. The van der Waals surface area contributed by atoms with Crippen LogP contribution in [-0.2, 0) is 16.0 Å². The fourth-order valence-corrected chi connectivity index (χ4v) is 2.07. The fourth-order valence-electron chi connectivity index (χ4n) is 2.07. The number of carbonyl (C=O) groups is 1. The van der Waals surface area contributed by atoms with Crippen molar-refractivity contribution >= 4 is 5.91 Å². The minimum absolute atomic E-state index is 0.0970. The van der Waals surface area contributed by atoms with Gasteiger partial charge in [-0.05, 0) is 37.0 Å². The number of hydrogen-bond donors (Lipinski definition) is 1. The first kappa shape index (κ1) is 13.9. The van der Waals surface area contributed by atoms with Gasteiger partial charge >= 0.3 is 0 Å². The molecule has 0 unspecified atom stereocenters. The first-order valence-corrected chi connectivity index (χ1v) is 6.47. The van der Waals surface area contributed by atoms with Crippen molar-refractivity contribution in [2.45, 2.75) is 31.8 Å². The maximum atomic E-state index is 13.0. The molecule has 0 saturated carbocycles. The van der Waals surface area contributed by atoms with Crippen molar-refractivity contribution in [1.29, 1.82) is 0 Å². The van der Waals surface area contributed by atoms with Gasteiger partial charge in [-0.15, -0.1) is 0 Å². The maximum Gasteiger partial charge on any atom is 0.220 e. The van der Waals surface area contributed by atoms with Gasteiger partial charge in [-0.2, -0.15) is 0 Å². The van der Waals surface area contributed by atoms with Crippen LogP contribution in [0.25, 0.3) is 0 Å². The van der Waals surface area contributed by atoms with E-state index in [4.69, 9.17) is 4.74 Å². The Balaban J connectivity index is 1.71. The highest BCUT2D eigenvalue weighted by Crippen LogP contribution is 2.12. The Bertz CT molecular complexity index is 445. The van der Waals surface area contributed by atoms with Gasteiger partial charge < -0.3 is 10.1 Å². The molecule has 0 aliphatic carbocycles. The SMILES string of the molecule is O=C(CCc1ccc(F)c(F)c1)NC[C@@H]1CCCO1. The number of rotatable bonds is 5. The molecule has 1 amide bonds. The smallest absolute Gasteiger partial charge is 0.220 e. The van der Waals surface area contributed by atoms with Gasteiger partial charge in [0.25, 0.3) is 0 Å². The number of carbonyl (C=O) groups excluding carboxylic acids is 1. The van der Waals surface area contributed by atoms with E-state index in [1.54, 1.807) is 0 Å². The van der Waals surface area contributed by atoms with E-state index in [-0.39, 0.29) is 18.4 Å². The molecular weight excluding hydrogens is 252 g/mol. The van der Waals surface area contributed by atoms with Crippen LogP contribution >= 0.6 is 0 Å². The van der Waals surface area contributed by atoms with E-state index < -0.39 is 11.6 Å². The largest absolute Gasteiger partial charge is 0.376 e. The molecule has 1 aromatic rings. The van der Waals surface area contributed by atoms with Crippen molar-refractivity contribution in [3.8, 4) is 0 Å². The third-order valence-electron chi connectivity index (χ3n) is 3.18. The third kappa shape index (κ3) is 4.28. The Kier molecular flexibility index (Phi) is 4.85. The molecule has 1 fully saturated rings. The number of aryl methyl sites for hydroxylation is 1. The molecule has 1 saturated heterocycles. The zero-order valence-corrected chi connectivity index (χ0v) is 10.6. The van der Waals surface area contributed by atoms with E-state index >= 15 is 0 Å². The van der Waals surface area contributed by atoms with Crippen molar-refractivity contribution in [2.75, 3.05) is 13.2 Å². The molecule has 0 spiro atoms. The molecule has 1 aromatic carbocycles. The van der Waals surface area contributed by atoms with Gasteiger partial charge in [-0.25, -0.2) is 8.78 Å². The number of amides is 1. The van der Waals surface area contributed by atoms with Crippen LogP contribution in [0.3, 0.4) is 0 Å². The van der Waals surface area contributed by atoms with Gasteiger partial charge in [0, 0.05) is 19.6 Å². The van der Waals surface area contributed by atoms with Crippen LogP contribution in [-0.4, -0.2) is 25.2 Å². The van der Waals surface area contributed by atoms with Gasteiger partial charge in [0.2, 0.25) is 5.91 Å². The number of nitrogens with one attached hydrogen (secondary N) is 1. The minimum atomic E-state index is -0.878. The van der Waals surface area contributed by atoms with Gasteiger partial charge in [0.1, 0.15) is 0 Å². The predicted octanol–water partition coefficient (Wildman–Crippen LogP) is 2.19. The average Bonchev–Trinajstić information content (AvgIpc) is 2.91. The van der Waals surface area contributed by atoms with Crippen LogP contribution in [0.4, 0.5) is 8.78 Å². The maximum absolute atomic E-state index is 13.0. The van der Waals surface area contributed by atoms with Gasteiger partial charge in [0.15, 0.2) is 11.6 Å². The summed E-state index contributed by atoms with van der Waals surface area (Å²) in [4.78, 5) is 11.6. The molecule has 5 heteroatoms. The van der Waals surface area contributed by atoms with Crippen LogP contribution in [0, 0.1) is 11.6 Å². The molecule has 0 aromatic heterocycles. The Morgan fingerprint density at radius 2 is 2.21 bits per heavy atom. The van der Waals surface area contributed by atoms with Crippen molar-refractivity contribution < 1.29 is 18.3 Å². The molecular formula is C14H17F2NO2. The summed E-state index contributed by atoms with van der Waals surface area (Å²) in [5.74, 6) is -1.84. The lowest BCUT2D eigenvalue weighted by molar-refractivity contribution is -0.121. The fraction of sp³-hybridized carbons (Fsp3) is 0.500. The minimum Gasteiger partial charge on any atom is -0.376 e. The summed E-state index contributed by atoms with van der Waals surface area (Å²) in [5.41, 5.74) is 0.617. The van der Waals surface area contributed by atoms with Crippen LogP contribution in [0.2, 0.25) is 0 Å². The Hall–Kier alpha value is -1.49. The van der Waals surface area contributed by atoms with Crippen molar-refractivity contribution in [2.24, 2.45) is 0 Å². The van der Waals surface area contributed by atoms with Crippen molar-refractivity contribution in [3.05, 3.63) is 35.4 Å². The first-order chi connectivity index (χ1) is 9.15. The van der Waals surface area contributed by atoms with Crippen LogP contribution in [0.15, 0.2) is 18.2 Å². The number of hydrogen-bond acceptors (Lipinski definition) is 2. The molecule has 1 aliphatic rings. The quantitative estimate of drug-likeness (QED) is 0.890. The van der Waals surface area contributed by atoms with Crippen LogP contribution in [0.1, 0.15) is 24.8 Å². The zero-order chi connectivity index (χ0) is 13.7. The predicted molar refractivity (Wildman–Crippen MR) is 66.7 cm³/mol. The van der Waals surface area contributed by atoms with E-state index in [2.05, 4.69) is 5.32 Å². The normalized spacial score (nSPS) is 18.5. The number of benzene rings is 1. The summed E-state index contributed by atoms with van der Waals surface area (Å²) in [7, 11) is 0. The standard InChI is InChI=1S/C14H17F2NO2/c15-12-5-3-10(8-13(12)16)4-6-14(18)17-9-11-2-1-7-19-11/h3,5,8,11H,1-2,4,6-7,9H2,(H,17,18)/t11-/m0/s1. The van der Waals surface area contributed by atoms with E-state index in [0.717, 1.165) is 31.6 Å². The second-order valence-electron chi connectivity index (χ2n) is 4.69. The Morgan fingerprint density at radius 1 is 1.37 bits per heavy atom. The molecule has 104 valence electrons. The summed E-state index contributed by atoms with van der Waals surface area (Å²) in [6.07, 6.45) is 2.79. The lowest BCUT2D eigenvalue weighted by Gasteiger charge is -2.10. The van der Waals surface area contributed by atoms with Gasteiger partial charge in [-0.1, -0.05) is 6.07 Å². The number of halogens is 2. The molecule has 0 bridgehead atoms. The highest BCUT2D eigenvalue weighted by Gasteiger charge is 2.16. The molecule has 1 aliphatic heterocycles. The molecule has 1 heterocycles. The summed E-state index contributed by atoms with van der Waals surface area (Å²) in [6, 6.07) is 3.70. The third-order valence-corrected chi connectivity index (χ3v) is 3.18. The zero-order valence-electron chi connectivity index (χ0n) is 10.6. The number of ether oxygens (including phenoxy) is 1. The molecule has 0 radical (unpaired) electrons. The first-order valence-electron chi connectivity index (χ1n) is 6.47. The van der Waals surface area contributed by atoms with E-state index in [1.165, 1.54) is 6.07 Å². The molecule has 2 rings (SSSR count). The van der Waals surface area contributed by atoms with Gasteiger partial charge in [0.05, 0.1) is 6.10 Å². The molecule has 3 nitrogen and oxygen atoms in total. The molecule has 1 N–H and O–H groups in total. The van der Waals surface area contributed by atoms with Gasteiger partial charge in [-0.3, -0.25) is 4.79 Å². The summed E-state index contributed by atoms with van der Waals surface area (Å²) in [6.45, 7) is 1.28. The molecule has 19 heavy (non-hydrogen) atoms. The van der Waals surface area contributed by atoms with Crippen LogP contribution in [0.5, 0.6) is 0 Å². The Morgan fingerprint density at radius 3 is 2.89 bits per heavy atom. The van der Waals surface area contributed by atoms with Crippen molar-refractivity contribution in [1.82, 2.24) is 5.32 Å². The topological polar surface area (TPSA) is 38.3 Å². The lowest BCUT2D eigenvalue weighted by Crippen LogP contribution is -2.31. The Labute approximate surface area is 111 Å². The second-order valence-corrected chi connectivity index (χ2v) is 4.69. The van der Waals surface area contributed by atoms with Crippen molar-refractivity contribution in [3.63, 3.8) is 0 Å². The lowest BCUT2D eigenvalue weighted by atomic mass is 10.1. The summed E-state index contributed by atoms with van der Waals surface area (Å²) < 4.78 is 31.1. The van der Waals surface area contributed by atoms with Crippen LogP contribution < -0.4 is 5.32 Å². The average molecular weight is 269 g/mol. The van der Waals surface area contributed by atoms with E-state index in [1.807, 2.05) is 0 Å².